The standard InChI is InChI=1S/C18H35NO5/c1-2-3-4-5-6-7-8-9-10-11-16(21)19-14-13-24-15(12-20)18(23)17(14)22/h14-15,17-18,20,22-23H,2-13H2,1H3,(H,19,21)/t14-,15+,17+,18+/m0/s1. The van der Waals surface area contributed by atoms with Gasteiger partial charge in [-0.1, -0.05) is 58.3 Å². The molecule has 142 valence electrons. The first-order valence-corrected chi connectivity index (χ1v) is 9.48. The van der Waals surface area contributed by atoms with Gasteiger partial charge in [-0.25, -0.2) is 0 Å². The molecule has 1 amide bonds. The Kier molecular flexibility index (Phi) is 11.2. The molecule has 1 heterocycles. The lowest BCUT2D eigenvalue weighted by molar-refractivity contribution is -0.164. The predicted molar refractivity (Wildman–Crippen MR) is 92.6 cm³/mol. The molecule has 0 aromatic carbocycles. The third-order valence-corrected chi connectivity index (χ3v) is 4.67. The van der Waals surface area contributed by atoms with Gasteiger partial charge in [-0.05, 0) is 6.42 Å². The summed E-state index contributed by atoms with van der Waals surface area (Å²) in [5, 5.41) is 31.5. The number of rotatable bonds is 12. The van der Waals surface area contributed by atoms with Gasteiger partial charge >= 0.3 is 0 Å². The summed E-state index contributed by atoms with van der Waals surface area (Å²) >= 11 is 0. The third-order valence-electron chi connectivity index (χ3n) is 4.67. The Labute approximate surface area is 145 Å². The quantitative estimate of drug-likeness (QED) is 0.402. The summed E-state index contributed by atoms with van der Waals surface area (Å²) in [6, 6.07) is -0.617. The Morgan fingerprint density at radius 1 is 1.00 bits per heavy atom. The molecule has 4 atom stereocenters. The van der Waals surface area contributed by atoms with Crippen LogP contribution in [-0.4, -0.2) is 58.8 Å². The van der Waals surface area contributed by atoms with Crippen molar-refractivity contribution in [2.24, 2.45) is 0 Å². The van der Waals surface area contributed by atoms with Crippen LogP contribution in [0.4, 0.5) is 0 Å². The zero-order valence-corrected chi connectivity index (χ0v) is 15.0. The first-order chi connectivity index (χ1) is 11.6. The number of ether oxygens (including phenoxy) is 1. The van der Waals surface area contributed by atoms with Crippen LogP contribution in [0.2, 0.25) is 0 Å². The van der Waals surface area contributed by atoms with Crippen LogP contribution in [0.1, 0.15) is 71.1 Å². The van der Waals surface area contributed by atoms with Gasteiger partial charge in [-0.2, -0.15) is 0 Å². The van der Waals surface area contributed by atoms with Crippen molar-refractivity contribution in [1.82, 2.24) is 5.32 Å². The number of amides is 1. The second-order valence-electron chi connectivity index (χ2n) is 6.79. The lowest BCUT2D eigenvalue weighted by atomic mass is 9.98. The van der Waals surface area contributed by atoms with Gasteiger partial charge in [0.25, 0.3) is 0 Å². The summed E-state index contributed by atoms with van der Waals surface area (Å²) in [5.41, 5.74) is 0. The SMILES string of the molecule is CCCCCCCCCCCC(=O)N[C@H]1CO[C@H](CO)[C@@H](O)[C@@H]1O. The molecule has 1 rings (SSSR count). The van der Waals surface area contributed by atoms with Gasteiger partial charge in [0, 0.05) is 6.42 Å². The van der Waals surface area contributed by atoms with E-state index in [2.05, 4.69) is 12.2 Å². The second kappa shape index (κ2) is 12.6. The van der Waals surface area contributed by atoms with E-state index in [1.807, 2.05) is 0 Å². The largest absolute Gasteiger partial charge is 0.394 e. The number of carbonyl (C=O) groups is 1. The summed E-state index contributed by atoms with van der Waals surface area (Å²) in [6.07, 6.45) is 8.14. The van der Waals surface area contributed by atoms with Gasteiger partial charge < -0.3 is 25.4 Å². The zero-order valence-electron chi connectivity index (χ0n) is 15.0. The van der Waals surface area contributed by atoms with Crippen LogP contribution in [0.3, 0.4) is 0 Å². The number of hydrogen-bond donors (Lipinski definition) is 4. The van der Waals surface area contributed by atoms with Crippen LogP contribution < -0.4 is 5.32 Å². The lowest BCUT2D eigenvalue weighted by Crippen LogP contribution is -2.59. The molecule has 24 heavy (non-hydrogen) atoms. The monoisotopic (exact) mass is 345 g/mol. The van der Waals surface area contributed by atoms with Crippen LogP contribution in [-0.2, 0) is 9.53 Å². The van der Waals surface area contributed by atoms with Crippen LogP contribution in [0.5, 0.6) is 0 Å². The molecule has 0 radical (unpaired) electrons. The van der Waals surface area contributed by atoms with Gasteiger partial charge in [0.05, 0.1) is 19.3 Å². The number of unbranched alkanes of at least 4 members (excludes halogenated alkanes) is 8. The fraction of sp³-hybridized carbons (Fsp3) is 0.944. The summed E-state index contributed by atoms with van der Waals surface area (Å²) in [7, 11) is 0. The molecule has 0 spiro atoms. The molecule has 0 bridgehead atoms. The Bertz CT molecular complexity index is 339. The average molecular weight is 345 g/mol. The van der Waals surface area contributed by atoms with E-state index in [0.717, 1.165) is 19.3 Å². The van der Waals surface area contributed by atoms with Gasteiger partial charge in [0.2, 0.25) is 5.91 Å². The summed E-state index contributed by atoms with van der Waals surface area (Å²) in [6.45, 7) is 1.97. The van der Waals surface area contributed by atoms with Crippen molar-refractivity contribution < 1.29 is 24.9 Å². The highest BCUT2D eigenvalue weighted by molar-refractivity contribution is 5.76. The highest BCUT2D eigenvalue weighted by Crippen LogP contribution is 2.16. The average Bonchev–Trinajstić information content (AvgIpc) is 2.58. The fourth-order valence-corrected chi connectivity index (χ4v) is 3.05. The minimum Gasteiger partial charge on any atom is -0.394 e. The van der Waals surface area contributed by atoms with E-state index >= 15 is 0 Å². The summed E-state index contributed by atoms with van der Waals surface area (Å²) in [4.78, 5) is 11.9. The van der Waals surface area contributed by atoms with Crippen molar-refractivity contribution in [2.75, 3.05) is 13.2 Å². The Hall–Kier alpha value is -0.690. The van der Waals surface area contributed by atoms with E-state index in [0.29, 0.717) is 6.42 Å². The van der Waals surface area contributed by atoms with Crippen molar-refractivity contribution in [2.45, 2.75) is 95.5 Å². The molecule has 1 saturated heterocycles. The number of aliphatic hydroxyl groups is 3. The van der Waals surface area contributed by atoms with E-state index in [1.165, 1.54) is 38.5 Å². The van der Waals surface area contributed by atoms with Gasteiger partial charge in [0.15, 0.2) is 0 Å². The molecule has 0 unspecified atom stereocenters. The first-order valence-electron chi connectivity index (χ1n) is 9.48. The van der Waals surface area contributed by atoms with Crippen molar-refractivity contribution in [3.8, 4) is 0 Å². The van der Waals surface area contributed by atoms with E-state index in [9.17, 15) is 15.0 Å². The van der Waals surface area contributed by atoms with Gasteiger partial charge in [-0.3, -0.25) is 4.79 Å². The van der Waals surface area contributed by atoms with Gasteiger partial charge in [0.1, 0.15) is 18.3 Å². The highest BCUT2D eigenvalue weighted by Gasteiger charge is 2.38. The zero-order chi connectivity index (χ0) is 17.8. The minimum atomic E-state index is -1.18. The number of hydrogen-bond acceptors (Lipinski definition) is 5. The highest BCUT2D eigenvalue weighted by atomic mass is 16.5. The van der Waals surface area contributed by atoms with Crippen molar-refractivity contribution in [3.05, 3.63) is 0 Å². The van der Waals surface area contributed by atoms with E-state index in [-0.39, 0.29) is 19.1 Å². The molecule has 0 aliphatic carbocycles. The van der Waals surface area contributed by atoms with Crippen LogP contribution >= 0.6 is 0 Å². The fourth-order valence-electron chi connectivity index (χ4n) is 3.05. The maximum absolute atomic E-state index is 11.9. The smallest absolute Gasteiger partial charge is 0.220 e. The van der Waals surface area contributed by atoms with E-state index in [1.54, 1.807) is 0 Å². The second-order valence-corrected chi connectivity index (χ2v) is 6.79. The Balaban J connectivity index is 2.06. The Morgan fingerprint density at radius 2 is 1.58 bits per heavy atom. The number of carbonyl (C=O) groups excluding carboxylic acids is 1. The van der Waals surface area contributed by atoms with Crippen LogP contribution in [0.25, 0.3) is 0 Å². The number of aliphatic hydroxyl groups excluding tert-OH is 3. The molecular weight excluding hydrogens is 310 g/mol. The van der Waals surface area contributed by atoms with Crippen molar-refractivity contribution >= 4 is 5.91 Å². The lowest BCUT2D eigenvalue weighted by Gasteiger charge is -2.37. The molecule has 1 fully saturated rings. The topological polar surface area (TPSA) is 99.0 Å². The van der Waals surface area contributed by atoms with Gasteiger partial charge in [-0.15, -0.1) is 0 Å². The first kappa shape index (κ1) is 21.4. The predicted octanol–water partition coefficient (Wildman–Crippen LogP) is 1.50. The number of nitrogens with one attached hydrogen (secondary N) is 1. The minimum absolute atomic E-state index is 0.104. The molecule has 6 heteroatoms. The van der Waals surface area contributed by atoms with Crippen LogP contribution in [0, 0.1) is 0 Å². The molecular formula is C18H35NO5. The maximum atomic E-state index is 11.9. The maximum Gasteiger partial charge on any atom is 0.220 e. The van der Waals surface area contributed by atoms with E-state index < -0.39 is 24.4 Å². The molecule has 0 saturated carbocycles. The van der Waals surface area contributed by atoms with Crippen LogP contribution in [0.15, 0.2) is 0 Å². The molecule has 6 nitrogen and oxygen atoms in total. The molecule has 4 N–H and O–H groups in total. The normalized spacial score (nSPS) is 27.2. The van der Waals surface area contributed by atoms with Crippen molar-refractivity contribution in [3.63, 3.8) is 0 Å². The summed E-state index contributed by atoms with van der Waals surface area (Å²) < 4.78 is 5.25. The molecule has 1 aliphatic heterocycles. The molecule has 0 aromatic heterocycles. The van der Waals surface area contributed by atoms with E-state index in [4.69, 9.17) is 9.84 Å². The summed E-state index contributed by atoms with van der Waals surface area (Å²) in [5.74, 6) is -0.125. The Morgan fingerprint density at radius 3 is 2.17 bits per heavy atom. The van der Waals surface area contributed by atoms with Crippen molar-refractivity contribution in [1.29, 1.82) is 0 Å². The molecule has 1 aliphatic rings. The third kappa shape index (κ3) is 7.92. The molecule has 0 aromatic rings.